The SMILES string of the molecule is Cc1ccc2nc(/C(Cl)=C/c3cccc(C(F)(F)F)c3)cc(=O)n2c1. The first-order valence-electron chi connectivity index (χ1n) is 7.29. The van der Waals surface area contributed by atoms with Crippen molar-refractivity contribution < 1.29 is 13.2 Å². The summed E-state index contributed by atoms with van der Waals surface area (Å²) >= 11 is 6.18. The molecule has 0 amide bonds. The van der Waals surface area contributed by atoms with Gasteiger partial charge in [-0.15, -0.1) is 0 Å². The van der Waals surface area contributed by atoms with Crippen LogP contribution in [0.3, 0.4) is 0 Å². The number of pyridine rings is 1. The summed E-state index contributed by atoms with van der Waals surface area (Å²) in [4.78, 5) is 16.5. The Balaban J connectivity index is 2.05. The molecule has 0 N–H and O–H groups in total. The van der Waals surface area contributed by atoms with Crippen LogP contribution in [-0.2, 0) is 6.18 Å². The predicted molar refractivity (Wildman–Crippen MR) is 91.4 cm³/mol. The fraction of sp³-hybridized carbons (Fsp3) is 0.111. The smallest absolute Gasteiger partial charge is 0.269 e. The molecule has 0 aliphatic carbocycles. The zero-order valence-electron chi connectivity index (χ0n) is 13.0. The van der Waals surface area contributed by atoms with Crippen LogP contribution in [-0.4, -0.2) is 9.38 Å². The Labute approximate surface area is 146 Å². The molecule has 0 aliphatic rings. The Bertz CT molecular complexity index is 1040. The number of rotatable bonds is 2. The molecule has 0 radical (unpaired) electrons. The maximum absolute atomic E-state index is 12.8. The molecule has 0 saturated carbocycles. The Morgan fingerprint density at radius 3 is 2.68 bits per heavy atom. The van der Waals surface area contributed by atoms with Crippen LogP contribution < -0.4 is 5.56 Å². The van der Waals surface area contributed by atoms with Gasteiger partial charge in [0.1, 0.15) is 5.65 Å². The van der Waals surface area contributed by atoms with Crippen molar-refractivity contribution in [2.75, 3.05) is 0 Å². The maximum atomic E-state index is 12.8. The van der Waals surface area contributed by atoms with Gasteiger partial charge in [0, 0.05) is 12.3 Å². The van der Waals surface area contributed by atoms with Crippen LogP contribution in [0.25, 0.3) is 16.8 Å². The lowest BCUT2D eigenvalue weighted by Gasteiger charge is -2.07. The highest BCUT2D eigenvalue weighted by atomic mass is 35.5. The molecule has 2 heterocycles. The minimum atomic E-state index is -4.44. The van der Waals surface area contributed by atoms with Crippen LogP contribution >= 0.6 is 11.6 Å². The number of nitrogens with zero attached hydrogens (tertiary/aromatic N) is 2. The Kier molecular flexibility index (Phi) is 4.39. The zero-order valence-corrected chi connectivity index (χ0v) is 13.8. The van der Waals surface area contributed by atoms with Gasteiger partial charge in [-0.05, 0) is 42.3 Å². The summed E-state index contributed by atoms with van der Waals surface area (Å²) in [5, 5.41) is 0.0829. The van der Waals surface area contributed by atoms with E-state index >= 15 is 0 Å². The molecule has 25 heavy (non-hydrogen) atoms. The van der Waals surface area contributed by atoms with E-state index in [1.165, 1.54) is 28.7 Å². The largest absolute Gasteiger partial charge is 0.416 e. The number of aryl methyl sites for hydroxylation is 1. The molecule has 0 spiro atoms. The molecular weight excluding hydrogens is 353 g/mol. The van der Waals surface area contributed by atoms with Gasteiger partial charge in [-0.2, -0.15) is 13.2 Å². The Morgan fingerprint density at radius 2 is 1.96 bits per heavy atom. The number of hydrogen-bond donors (Lipinski definition) is 0. The van der Waals surface area contributed by atoms with Crippen LogP contribution in [0.15, 0.2) is 53.5 Å². The molecule has 0 atom stereocenters. The molecule has 0 fully saturated rings. The van der Waals surface area contributed by atoms with Gasteiger partial charge in [0.15, 0.2) is 0 Å². The maximum Gasteiger partial charge on any atom is 0.416 e. The molecule has 128 valence electrons. The molecule has 7 heteroatoms. The number of benzene rings is 1. The lowest BCUT2D eigenvalue weighted by atomic mass is 10.1. The average Bonchev–Trinajstić information content (AvgIpc) is 2.55. The van der Waals surface area contributed by atoms with Gasteiger partial charge in [-0.1, -0.05) is 29.8 Å². The number of aromatic nitrogens is 2. The fourth-order valence-corrected chi connectivity index (χ4v) is 2.58. The van der Waals surface area contributed by atoms with E-state index in [4.69, 9.17) is 11.6 Å². The average molecular weight is 365 g/mol. The molecule has 1 aromatic carbocycles. The van der Waals surface area contributed by atoms with Gasteiger partial charge in [-0.25, -0.2) is 4.98 Å². The number of fused-ring (bicyclic) bond motifs is 1. The number of halogens is 4. The van der Waals surface area contributed by atoms with Gasteiger partial charge < -0.3 is 0 Å². The van der Waals surface area contributed by atoms with Crippen molar-refractivity contribution in [1.82, 2.24) is 9.38 Å². The monoisotopic (exact) mass is 364 g/mol. The molecule has 0 bridgehead atoms. The van der Waals surface area contributed by atoms with Crippen molar-refractivity contribution >= 4 is 28.4 Å². The van der Waals surface area contributed by atoms with E-state index in [0.29, 0.717) is 5.65 Å². The first-order valence-corrected chi connectivity index (χ1v) is 7.67. The van der Waals surface area contributed by atoms with Gasteiger partial charge in [-0.3, -0.25) is 9.20 Å². The highest BCUT2D eigenvalue weighted by Gasteiger charge is 2.30. The summed E-state index contributed by atoms with van der Waals surface area (Å²) < 4.78 is 39.7. The Morgan fingerprint density at radius 1 is 1.20 bits per heavy atom. The number of alkyl halides is 3. The third-order valence-electron chi connectivity index (χ3n) is 3.56. The second-order valence-corrected chi connectivity index (χ2v) is 5.94. The molecular formula is C18H12ClF3N2O. The van der Waals surface area contributed by atoms with Crippen molar-refractivity contribution in [1.29, 1.82) is 0 Å². The quantitative estimate of drug-likeness (QED) is 0.657. The molecule has 0 saturated heterocycles. The van der Waals surface area contributed by atoms with E-state index in [9.17, 15) is 18.0 Å². The van der Waals surface area contributed by atoms with E-state index in [2.05, 4.69) is 4.98 Å². The van der Waals surface area contributed by atoms with Gasteiger partial charge in [0.2, 0.25) is 0 Å². The summed E-state index contributed by atoms with van der Waals surface area (Å²) in [5.41, 5.74) is 0.684. The summed E-state index contributed by atoms with van der Waals surface area (Å²) in [6.45, 7) is 1.85. The van der Waals surface area contributed by atoms with Crippen molar-refractivity contribution in [2.24, 2.45) is 0 Å². The lowest BCUT2D eigenvalue weighted by Crippen LogP contribution is -2.15. The highest BCUT2D eigenvalue weighted by Crippen LogP contribution is 2.30. The van der Waals surface area contributed by atoms with Crippen molar-refractivity contribution in [2.45, 2.75) is 13.1 Å². The lowest BCUT2D eigenvalue weighted by molar-refractivity contribution is -0.137. The van der Waals surface area contributed by atoms with E-state index < -0.39 is 11.7 Å². The molecule has 2 aromatic heterocycles. The molecule has 0 unspecified atom stereocenters. The third kappa shape index (κ3) is 3.74. The summed E-state index contributed by atoms with van der Waals surface area (Å²) in [6.07, 6.45) is -1.43. The van der Waals surface area contributed by atoms with E-state index in [1.54, 1.807) is 18.3 Å². The van der Waals surface area contributed by atoms with E-state index in [-0.39, 0.29) is 21.8 Å². The summed E-state index contributed by atoms with van der Waals surface area (Å²) in [7, 11) is 0. The van der Waals surface area contributed by atoms with Crippen LogP contribution in [0.1, 0.15) is 22.4 Å². The predicted octanol–water partition coefficient (Wildman–Crippen LogP) is 4.76. The second kappa shape index (κ2) is 6.37. The standard InChI is InChI=1S/C18H12ClF3N2O/c1-11-5-6-16-23-15(9-17(25)24(16)10-11)14(19)8-12-3-2-4-13(7-12)18(20,21)22/h2-10H,1H3/b14-8-. The third-order valence-corrected chi connectivity index (χ3v) is 3.86. The van der Waals surface area contributed by atoms with Crippen molar-refractivity contribution in [3.05, 3.63) is 81.4 Å². The topological polar surface area (TPSA) is 34.4 Å². The minimum absolute atomic E-state index is 0.0829. The molecule has 3 nitrogen and oxygen atoms in total. The first-order chi connectivity index (χ1) is 11.7. The summed E-state index contributed by atoms with van der Waals surface area (Å²) in [6, 6.07) is 9.48. The van der Waals surface area contributed by atoms with Gasteiger partial charge in [0.25, 0.3) is 5.56 Å². The normalized spacial score (nSPS) is 12.6. The number of hydrogen-bond acceptors (Lipinski definition) is 2. The van der Waals surface area contributed by atoms with Crippen LogP contribution in [0.4, 0.5) is 13.2 Å². The molecule has 3 aromatic rings. The minimum Gasteiger partial charge on any atom is -0.269 e. The zero-order chi connectivity index (χ0) is 18.2. The van der Waals surface area contributed by atoms with Crippen LogP contribution in [0.5, 0.6) is 0 Å². The fourth-order valence-electron chi connectivity index (χ4n) is 2.36. The molecule has 0 aliphatic heterocycles. The molecule has 3 rings (SSSR count). The van der Waals surface area contributed by atoms with E-state index in [1.807, 2.05) is 6.92 Å². The summed E-state index contributed by atoms with van der Waals surface area (Å²) in [5.74, 6) is 0. The van der Waals surface area contributed by atoms with Crippen LogP contribution in [0, 0.1) is 6.92 Å². The van der Waals surface area contributed by atoms with E-state index in [0.717, 1.165) is 17.7 Å². The first kappa shape index (κ1) is 17.2. The van der Waals surface area contributed by atoms with Crippen molar-refractivity contribution in [3.63, 3.8) is 0 Å². The van der Waals surface area contributed by atoms with Gasteiger partial charge in [0.05, 0.1) is 16.3 Å². The second-order valence-electron chi connectivity index (χ2n) is 5.53. The highest BCUT2D eigenvalue weighted by molar-refractivity contribution is 6.51. The van der Waals surface area contributed by atoms with Crippen molar-refractivity contribution in [3.8, 4) is 0 Å². The van der Waals surface area contributed by atoms with Gasteiger partial charge >= 0.3 is 6.18 Å². The Hall–Kier alpha value is -2.60. The van der Waals surface area contributed by atoms with Crippen LogP contribution in [0.2, 0.25) is 0 Å².